The summed E-state index contributed by atoms with van der Waals surface area (Å²) in [5.74, 6) is -1.08. The number of carbonyl (C=O) groups is 2. The van der Waals surface area contributed by atoms with E-state index in [4.69, 9.17) is 4.42 Å². The first-order valence-electron chi connectivity index (χ1n) is 7.96. The zero-order valence-corrected chi connectivity index (χ0v) is 14.2. The van der Waals surface area contributed by atoms with Gasteiger partial charge in [-0.3, -0.25) is 14.9 Å². The van der Waals surface area contributed by atoms with E-state index < -0.39 is 16.8 Å². The maximum Gasteiger partial charge on any atom is 0.336 e. The Bertz CT molecular complexity index is 1090. The molecule has 0 saturated carbocycles. The van der Waals surface area contributed by atoms with Crippen molar-refractivity contribution < 1.29 is 24.0 Å². The Morgan fingerprint density at radius 3 is 2.64 bits per heavy atom. The third kappa shape index (κ3) is 4.10. The van der Waals surface area contributed by atoms with Gasteiger partial charge in [0.25, 0.3) is 11.6 Å². The molecule has 0 spiro atoms. The van der Waals surface area contributed by atoms with Crippen LogP contribution in [0.3, 0.4) is 0 Å². The predicted octanol–water partition coefficient (Wildman–Crippen LogP) is 3.32. The second-order valence-electron chi connectivity index (χ2n) is 5.56. The van der Waals surface area contributed by atoms with Gasteiger partial charge in [0, 0.05) is 23.3 Å². The average Bonchev–Trinajstić information content (AvgIpc) is 3.16. The molecule has 2 aromatic carbocycles. The van der Waals surface area contributed by atoms with Crippen LogP contribution in [-0.2, 0) is 0 Å². The molecule has 0 fully saturated rings. The highest BCUT2D eigenvalue weighted by molar-refractivity contribution is 5.96. The molecule has 2 N–H and O–H groups in total. The van der Waals surface area contributed by atoms with Crippen LogP contribution in [0.15, 0.2) is 70.2 Å². The lowest BCUT2D eigenvalue weighted by Gasteiger charge is -2.02. The quantitative estimate of drug-likeness (QED) is 0.383. The van der Waals surface area contributed by atoms with Gasteiger partial charge < -0.3 is 9.52 Å². The summed E-state index contributed by atoms with van der Waals surface area (Å²) in [5.41, 5.74) is 2.64. The number of nitrogens with zero attached hydrogens (tertiary/aromatic N) is 2. The molecule has 0 bridgehead atoms. The van der Waals surface area contributed by atoms with Crippen molar-refractivity contribution in [1.82, 2.24) is 5.43 Å². The molecule has 0 saturated heterocycles. The van der Waals surface area contributed by atoms with Crippen LogP contribution in [0.2, 0.25) is 0 Å². The van der Waals surface area contributed by atoms with Crippen LogP contribution in [-0.4, -0.2) is 28.1 Å². The predicted molar refractivity (Wildman–Crippen MR) is 99.3 cm³/mol. The van der Waals surface area contributed by atoms with Crippen LogP contribution in [0.25, 0.3) is 11.3 Å². The van der Waals surface area contributed by atoms with Crippen molar-refractivity contribution in [2.24, 2.45) is 5.10 Å². The molecule has 0 aliphatic rings. The van der Waals surface area contributed by atoms with Gasteiger partial charge in [-0.25, -0.2) is 10.2 Å². The Balaban J connectivity index is 1.71. The first kappa shape index (κ1) is 18.5. The second kappa shape index (κ2) is 7.96. The number of furan rings is 1. The standard InChI is InChI=1S/C19H13N3O6/c23-18(12-4-3-5-13(10-12)22(26)27)21-20-11-14-8-9-17(28-14)15-6-1-2-7-16(15)19(24)25/h1-11H,(H,21,23)(H,24,25)/b20-11-. The van der Waals surface area contributed by atoms with Crippen LogP contribution in [0.4, 0.5) is 5.69 Å². The number of nitro groups is 1. The normalized spacial score (nSPS) is 10.7. The number of carbonyl (C=O) groups excluding carboxylic acids is 1. The summed E-state index contributed by atoms with van der Waals surface area (Å²) in [6, 6.07) is 14.8. The Kier molecular flexibility index (Phi) is 5.26. The molecule has 0 unspecified atom stereocenters. The molecule has 28 heavy (non-hydrogen) atoms. The van der Waals surface area contributed by atoms with Gasteiger partial charge in [-0.05, 0) is 24.3 Å². The van der Waals surface area contributed by atoms with Gasteiger partial charge in [0.15, 0.2) is 0 Å². The van der Waals surface area contributed by atoms with Crippen LogP contribution in [0.5, 0.6) is 0 Å². The summed E-state index contributed by atoms with van der Waals surface area (Å²) in [7, 11) is 0. The third-order valence-electron chi connectivity index (χ3n) is 3.73. The first-order valence-corrected chi connectivity index (χ1v) is 7.96. The number of hydrogen-bond acceptors (Lipinski definition) is 6. The molecule has 0 aliphatic heterocycles. The number of aromatic carboxylic acids is 1. The first-order chi connectivity index (χ1) is 13.5. The Morgan fingerprint density at radius 1 is 1.11 bits per heavy atom. The molecule has 0 atom stereocenters. The van der Waals surface area contributed by atoms with E-state index in [-0.39, 0.29) is 22.6 Å². The molecular weight excluding hydrogens is 366 g/mol. The van der Waals surface area contributed by atoms with Crippen molar-refractivity contribution in [3.05, 3.63) is 87.7 Å². The third-order valence-corrected chi connectivity index (χ3v) is 3.73. The molecule has 9 nitrogen and oxygen atoms in total. The Hall–Kier alpha value is -4.27. The number of hydrazone groups is 1. The van der Waals surface area contributed by atoms with Gasteiger partial charge >= 0.3 is 5.97 Å². The average molecular weight is 379 g/mol. The Morgan fingerprint density at radius 2 is 1.89 bits per heavy atom. The summed E-state index contributed by atoms with van der Waals surface area (Å²) in [6.07, 6.45) is 1.24. The fraction of sp³-hybridized carbons (Fsp3) is 0. The number of carboxylic acids is 1. The van der Waals surface area contributed by atoms with Crippen LogP contribution in [0.1, 0.15) is 26.5 Å². The molecule has 9 heteroatoms. The number of carboxylic acid groups (broad SMARTS) is 1. The van der Waals surface area contributed by atoms with Crippen molar-refractivity contribution in [2.75, 3.05) is 0 Å². The van der Waals surface area contributed by atoms with Crippen LogP contribution in [0, 0.1) is 10.1 Å². The highest BCUT2D eigenvalue weighted by atomic mass is 16.6. The van der Waals surface area contributed by atoms with E-state index >= 15 is 0 Å². The summed E-state index contributed by atoms with van der Waals surface area (Å²) >= 11 is 0. The Labute approximate surface area is 158 Å². The van der Waals surface area contributed by atoms with E-state index in [1.807, 2.05) is 0 Å². The van der Waals surface area contributed by atoms with Gasteiger partial charge in [0.2, 0.25) is 0 Å². The monoisotopic (exact) mass is 379 g/mol. The highest BCUT2D eigenvalue weighted by Gasteiger charge is 2.14. The van der Waals surface area contributed by atoms with E-state index in [1.165, 1.54) is 30.5 Å². The summed E-state index contributed by atoms with van der Waals surface area (Å²) in [5, 5.41) is 23.7. The number of non-ortho nitro benzene ring substituents is 1. The van der Waals surface area contributed by atoms with Crippen LogP contribution < -0.4 is 5.43 Å². The second-order valence-corrected chi connectivity index (χ2v) is 5.56. The smallest absolute Gasteiger partial charge is 0.336 e. The lowest BCUT2D eigenvalue weighted by atomic mass is 10.1. The summed E-state index contributed by atoms with van der Waals surface area (Å²) in [6.45, 7) is 0. The molecule has 0 aliphatic carbocycles. The summed E-state index contributed by atoms with van der Waals surface area (Å²) < 4.78 is 5.55. The van der Waals surface area contributed by atoms with E-state index in [0.717, 1.165) is 6.07 Å². The molecule has 1 amide bonds. The number of benzene rings is 2. The number of amides is 1. The minimum atomic E-state index is -1.08. The largest absolute Gasteiger partial charge is 0.478 e. The van der Waals surface area contributed by atoms with Crippen molar-refractivity contribution in [2.45, 2.75) is 0 Å². The molecule has 140 valence electrons. The molecule has 1 heterocycles. The number of hydrogen-bond donors (Lipinski definition) is 2. The van der Waals surface area contributed by atoms with Gasteiger partial charge in [-0.1, -0.05) is 24.3 Å². The number of nitrogens with one attached hydrogen (secondary N) is 1. The maximum atomic E-state index is 12.0. The maximum absolute atomic E-state index is 12.0. The minimum Gasteiger partial charge on any atom is -0.478 e. The van der Waals surface area contributed by atoms with Crippen molar-refractivity contribution in [1.29, 1.82) is 0 Å². The topological polar surface area (TPSA) is 135 Å². The van der Waals surface area contributed by atoms with E-state index in [9.17, 15) is 24.8 Å². The zero-order chi connectivity index (χ0) is 20.1. The minimum absolute atomic E-state index is 0.0851. The molecule has 3 aromatic rings. The van der Waals surface area contributed by atoms with E-state index in [0.29, 0.717) is 11.3 Å². The van der Waals surface area contributed by atoms with Crippen molar-refractivity contribution >= 4 is 23.8 Å². The van der Waals surface area contributed by atoms with Crippen molar-refractivity contribution in [3.8, 4) is 11.3 Å². The lowest BCUT2D eigenvalue weighted by molar-refractivity contribution is -0.384. The molecule has 3 rings (SSSR count). The van der Waals surface area contributed by atoms with Gasteiger partial charge in [-0.2, -0.15) is 5.10 Å². The van der Waals surface area contributed by atoms with Gasteiger partial charge in [-0.15, -0.1) is 0 Å². The van der Waals surface area contributed by atoms with Crippen molar-refractivity contribution in [3.63, 3.8) is 0 Å². The highest BCUT2D eigenvalue weighted by Crippen LogP contribution is 2.25. The van der Waals surface area contributed by atoms with Gasteiger partial charge in [0.05, 0.1) is 16.7 Å². The lowest BCUT2D eigenvalue weighted by Crippen LogP contribution is -2.17. The number of nitro benzene ring substituents is 1. The molecule has 0 radical (unpaired) electrons. The zero-order valence-electron chi connectivity index (χ0n) is 14.2. The van der Waals surface area contributed by atoms with Gasteiger partial charge in [0.1, 0.15) is 11.5 Å². The molecule has 1 aromatic heterocycles. The number of rotatable bonds is 6. The summed E-state index contributed by atoms with van der Waals surface area (Å²) in [4.78, 5) is 33.5. The molecular formula is C19H13N3O6. The fourth-order valence-corrected chi connectivity index (χ4v) is 2.43. The van der Waals surface area contributed by atoms with E-state index in [2.05, 4.69) is 10.5 Å². The SMILES string of the molecule is O=C(N/N=C\c1ccc(-c2ccccc2C(=O)O)o1)c1cccc([N+](=O)[O-])c1. The van der Waals surface area contributed by atoms with E-state index in [1.54, 1.807) is 30.3 Å². The van der Waals surface area contributed by atoms with Crippen LogP contribution >= 0.6 is 0 Å². The fourth-order valence-electron chi connectivity index (χ4n) is 2.43.